The molecule has 142 valence electrons. The van der Waals surface area contributed by atoms with Crippen molar-refractivity contribution in [1.29, 1.82) is 0 Å². The molecule has 1 unspecified atom stereocenters. The molecular weight excluding hydrogens is 343 g/mol. The Morgan fingerprint density at radius 2 is 2.07 bits per heavy atom. The van der Waals surface area contributed by atoms with Crippen LogP contribution in [0.1, 0.15) is 48.4 Å². The molecule has 2 aromatic rings. The van der Waals surface area contributed by atoms with Gasteiger partial charge in [-0.05, 0) is 67.0 Å². The summed E-state index contributed by atoms with van der Waals surface area (Å²) in [6.07, 6.45) is 6.89. The maximum absolute atomic E-state index is 13.8. The van der Waals surface area contributed by atoms with Crippen molar-refractivity contribution in [3.8, 4) is 0 Å². The van der Waals surface area contributed by atoms with Gasteiger partial charge >= 0.3 is 6.03 Å². The summed E-state index contributed by atoms with van der Waals surface area (Å²) in [4.78, 5) is 19.1. The number of piperidine rings is 1. The van der Waals surface area contributed by atoms with Crippen molar-refractivity contribution in [2.75, 3.05) is 18.0 Å². The Balaban J connectivity index is 1.33. The third-order valence-corrected chi connectivity index (χ3v) is 5.46. The van der Waals surface area contributed by atoms with Gasteiger partial charge in [-0.3, -0.25) is 0 Å². The largest absolute Gasteiger partial charge is 0.357 e. The van der Waals surface area contributed by atoms with Crippen LogP contribution in [0.15, 0.2) is 36.5 Å². The van der Waals surface area contributed by atoms with Gasteiger partial charge in [0.1, 0.15) is 11.6 Å². The number of fused-ring (bicyclic) bond motifs is 1. The molecule has 1 aliphatic carbocycles. The number of amides is 2. The van der Waals surface area contributed by atoms with Crippen LogP contribution in [0.4, 0.5) is 15.0 Å². The first-order valence-electron chi connectivity index (χ1n) is 9.72. The number of aromatic nitrogens is 1. The van der Waals surface area contributed by atoms with Crippen molar-refractivity contribution < 1.29 is 9.18 Å². The maximum atomic E-state index is 13.8. The third-order valence-electron chi connectivity index (χ3n) is 5.46. The lowest BCUT2D eigenvalue weighted by molar-refractivity contribution is 0.236. The van der Waals surface area contributed by atoms with Gasteiger partial charge in [-0.25, -0.2) is 14.2 Å². The first-order valence-corrected chi connectivity index (χ1v) is 9.72. The molecule has 1 aromatic carbocycles. The first-order chi connectivity index (χ1) is 13.2. The highest BCUT2D eigenvalue weighted by Crippen LogP contribution is 2.32. The van der Waals surface area contributed by atoms with Crippen molar-refractivity contribution in [3.63, 3.8) is 0 Å². The number of nitrogens with zero attached hydrogens (tertiary/aromatic N) is 2. The maximum Gasteiger partial charge on any atom is 0.315 e. The molecule has 2 heterocycles. The predicted octanol–water partition coefficient (Wildman–Crippen LogP) is 3.70. The average molecular weight is 368 g/mol. The molecule has 2 N–H and O–H groups in total. The molecule has 1 saturated heterocycles. The van der Waals surface area contributed by atoms with Crippen molar-refractivity contribution in [2.45, 2.75) is 44.7 Å². The van der Waals surface area contributed by atoms with Crippen molar-refractivity contribution >= 4 is 11.8 Å². The fraction of sp³-hybridized carbons (Fsp3) is 0.429. The number of hydrogen-bond acceptors (Lipinski definition) is 3. The molecule has 0 spiro atoms. The molecule has 2 aliphatic rings. The monoisotopic (exact) mass is 368 g/mol. The number of anilines is 1. The number of nitrogens with one attached hydrogen (secondary N) is 2. The van der Waals surface area contributed by atoms with E-state index in [4.69, 9.17) is 0 Å². The van der Waals surface area contributed by atoms with Crippen LogP contribution >= 0.6 is 0 Å². The Kier molecular flexibility index (Phi) is 5.23. The number of halogens is 1. The summed E-state index contributed by atoms with van der Waals surface area (Å²) in [7, 11) is 0. The highest BCUT2D eigenvalue weighted by molar-refractivity contribution is 5.74. The van der Waals surface area contributed by atoms with E-state index < -0.39 is 0 Å². The highest BCUT2D eigenvalue weighted by Gasteiger charge is 2.26. The summed E-state index contributed by atoms with van der Waals surface area (Å²) in [5.41, 5.74) is 2.64. The van der Waals surface area contributed by atoms with Crippen molar-refractivity contribution in [3.05, 3.63) is 59.0 Å². The summed E-state index contributed by atoms with van der Waals surface area (Å²) in [6.45, 7) is 2.53. The number of pyridine rings is 1. The summed E-state index contributed by atoms with van der Waals surface area (Å²) in [6, 6.07) is 8.69. The molecule has 1 atom stereocenters. The lowest BCUT2D eigenvalue weighted by Gasteiger charge is -2.28. The van der Waals surface area contributed by atoms with Crippen LogP contribution in [-0.4, -0.2) is 24.1 Å². The van der Waals surface area contributed by atoms with Gasteiger partial charge in [-0.1, -0.05) is 12.1 Å². The Labute approximate surface area is 159 Å². The fourth-order valence-electron chi connectivity index (χ4n) is 4.02. The van der Waals surface area contributed by atoms with Gasteiger partial charge in [-0.2, -0.15) is 0 Å². The van der Waals surface area contributed by atoms with E-state index in [0.29, 0.717) is 13.0 Å². The van der Waals surface area contributed by atoms with Crippen molar-refractivity contribution in [1.82, 2.24) is 15.6 Å². The second kappa shape index (κ2) is 7.94. The SMILES string of the molecule is O=C(NCc1ccnc(N2CCCCC2)c1)NC1CCc2c(F)cccc21. The van der Waals surface area contributed by atoms with Crippen LogP contribution in [0.3, 0.4) is 0 Å². The van der Waals surface area contributed by atoms with E-state index in [1.54, 1.807) is 12.3 Å². The Hall–Kier alpha value is -2.63. The normalized spacial score (nSPS) is 18.9. The number of hydrogen-bond donors (Lipinski definition) is 2. The standard InChI is InChI=1S/C21H25FN4O/c22-18-6-4-5-17-16(18)7-8-19(17)25-21(27)24-14-15-9-10-23-20(13-15)26-11-2-1-3-12-26/h4-6,9-10,13,19H,1-3,7-8,11-12,14H2,(H2,24,25,27). The number of carbonyl (C=O) groups is 1. The molecular formula is C21H25FN4O. The quantitative estimate of drug-likeness (QED) is 0.865. The Bertz CT molecular complexity index is 820. The molecule has 0 saturated carbocycles. The van der Waals surface area contributed by atoms with E-state index in [1.807, 2.05) is 18.2 Å². The van der Waals surface area contributed by atoms with E-state index in [2.05, 4.69) is 20.5 Å². The summed E-state index contributed by atoms with van der Waals surface area (Å²) in [5, 5.41) is 5.88. The molecule has 27 heavy (non-hydrogen) atoms. The topological polar surface area (TPSA) is 57.3 Å². The van der Waals surface area contributed by atoms with E-state index in [1.165, 1.54) is 25.3 Å². The van der Waals surface area contributed by atoms with Gasteiger partial charge in [0.25, 0.3) is 0 Å². The summed E-state index contributed by atoms with van der Waals surface area (Å²) in [5.74, 6) is 0.800. The van der Waals surface area contributed by atoms with Gasteiger partial charge in [0.2, 0.25) is 0 Å². The molecule has 1 aliphatic heterocycles. The minimum Gasteiger partial charge on any atom is -0.357 e. The number of carbonyl (C=O) groups excluding carboxylic acids is 1. The average Bonchev–Trinajstić information content (AvgIpc) is 3.11. The highest BCUT2D eigenvalue weighted by atomic mass is 19.1. The number of rotatable bonds is 4. The second-order valence-electron chi connectivity index (χ2n) is 7.30. The van der Waals surface area contributed by atoms with Gasteiger partial charge < -0.3 is 15.5 Å². The zero-order valence-electron chi connectivity index (χ0n) is 15.4. The number of benzene rings is 1. The lowest BCUT2D eigenvalue weighted by Crippen LogP contribution is -2.37. The molecule has 1 fully saturated rings. The van der Waals surface area contributed by atoms with Gasteiger partial charge in [0.15, 0.2) is 0 Å². The molecule has 4 rings (SSSR count). The van der Waals surface area contributed by atoms with Crippen LogP contribution in [0.25, 0.3) is 0 Å². The summed E-state index contributed by atoms with van der Waals surface area (Å²) < 4.78 is 13.8. The van der Waals surface area contributed by atoms with Gasteiger partial charge in [0, 0.05) is 25.8 Å². The minimum absolute atomic E-state index is 0.128. The zero-order valence-corrected chi connectivity index (χ0v) is 15.4. The molecule has 0 bridgehead atoms. The number of urea groups is 1. The van der Waals surface area contributed by atoms with Gasteiger partial charge in [-0.15, -0.1) is 0 Å². The molecule has 1 aromatic heterocycles. The van der Waals surface area contributed by atoms with E-state index >= 15 is 0 Å². The fourth-order valence-corrected chi connectivity index (χ4v) is 4.02. The Morgan fingerprint density at radius 1 is 1.22 bits per heavy atom. The molecule has 0 radical (unpaired) electrons. The van der Waals surface area contributed by atoms with Crippen LogP contribution in [-0.2, 0) is 13.0 Å². The van der Waals surface area contributed by atoms with E-state index in [0.717, 1.165) is 42.0 Å². The van der Waals surface area contributed by atoms with E-state index in [9.17, 15) is 9.18 Å². The predicted molar refractivity (Wildman–Crippen MR) is 103 cm³/mol. The van der Waals surface area contributed by atoms with Gasteiger partial charge in [0.05, 0.1) is 6.04 Å². The zero-order chi connectivity index (χ0) is 18.6. The summed E-state index contributed by atoms with van der Waals surface area (Å²) >= 11 is 0. The van der Waals surface area contributed by atoms with Crippen molar-refractivity contribution in [2.24, 2.45) is 0 Å². The van der Waals surface area contributed by atoms with E-state index in [-0.39, 0.29) is 17.9 Å². The second-order valence-corrected chi connectivity index (χ2v) is 7.30. The Morgan fingerprint density at radius 3 is 2.93 bits per heavy atom. The third kappa shape index (κ3) is 4.04. The molecule has 6 heteroatoms. The molecule has 2 amide bonds. The lowest BCUT2D eigenvalue weighted by atomic mass is 10.1. The van der Waals surface area contributed by atoms with Crippen LogP contribution < -0.4 is 15.5 Å². The molecule has 5 nitrogen and oxygen atoms in total. The minimum atomic E-state index is -0.228. The van der Waals surface area contributed by atoms with Crippen LogP contribution in [0.5, 0.6) is 0 Å². The smallest absolute Gasteiger partial charge is 0.315 e. The van der Waals surface area contributed by atoms with Crippen LogP contribution in [0.2, 0.25) is 0 Å². The van der Waals surface area contributed by atoms with Crippen LogP contribution in [0, 0.1) is 5.82 Å². The first kappa shape index (κ1) is 17.8.